The van der Waals surface area contributed by atoms with Gasteiger partial charge in [0.1, 0.15) is 17.1 Å². The lowest BCUT2D eigenvalue weighted by Crippen LogP contribution is -2.68. The van der Waals surface area contributed by atoms with E-state index in [1.54, 1.807) is 26.2 Å². The minimum absolute atomic E-state index is 0.0823. The minimum Gasteiger partial charge on any atom is -0.494 e. The number of aromatic nitrogens is 2. The van der Waals surface area contributed by atoms with Crippen LogP contribution in [0.1, 0.15) is 70.8 Å². The van der Waals surface area contributed by atoms with E-state index in [2.05, 4.69) is 60.0 Å². The van der Waals surface area contributed by atoms with Gasteiger partial charge in [0.25, 0.3) is 5.91 Å². The summed E-state index contributed by atoms with van der Waals surface area (Å²) in [7, 11) is 4.97. The van der Waals surface area contributed by atoms with Crippen molar-refractivity contribution in [2.24, 2.45) is 17.8 Å². The summed E-state index contributed by atoms with van der Waals surface area (Å²) in [6.45, 7) is 5.17. The lowest BCUT2D eigenvalue weighted by atomic mass is 9.50. The standard InChI is InChI=1S/C50H53F3N8O4/c1-29-10-9-15-38(46(62)54-2)42(29)57-45-39(50(51,52)53)28-55-47(58-45)56-40-17-16-33(24-41(40)64-4)60-18-20-61(21-19-60)43-31-22-30-23-32(43)27-49(25-30,26-31)59(3)48(63)65-44-36-13-7-5-11-34(36)35-12-6-8-14-37(35)44/h5-17,24,28,30-32,43-44H,18-23,25-27H2,1-4H3,(H,54,62)(H2,55,56,57,58). The largest absolute Gasteiger partial charge is 0.494 e. The van der Waals surface area contributed by atoms with Gasteiger partial charge in [-0.25, -0.2) is 9.78 Å². The van der Waals surface area contributed by atoms with E-state index in [9.17, 15) is 22.8 Å². The van der Waals surface area contributed by atoms with E-state index in [4.69, 9.17) is 9.47 Å². The van der Waals surface area contributed by atoms with E-state index in [-0.39, 0.29) is 28.8 Å². The molecule has 2 atom stereocenters. The van der Waals surface area contributed by atoms with Gasteiger partial charge in [-0.1, -0.05) is 60.7 Å². The normalized spacial score (nSPS) is 23.4. The number of piperazine rings is 1. The van der Waals surface area contributed by atoms with Crippen LogP contribution in [0.4, 0.5) is 46.8 Å². The van der Waals surface area contributed by atoms with Crippen molar-refractivity contribution in [3.63, 3.8) is 0 Å². The van der Waals surface area contributed by atoms with Gasteiger partial charge in [-0.15, -0.1) is 0 Å². The van der Waals surface area contributed by atoms with Crippen LogP contribution in [0.15, 0.2) is 91.1 Å². The first-order chi connectivity index (χ1) is 31.3. The molecule has 65 heavy (non-hydrogen) atoms. The highest BCUT2D eigenvalue weighted by Crippen LogP contribution is 2.59. The smallest absolute Gasteiger partial charge is 0.421 e. The molecule has 5 fully saturated rings. The zero-order valence-electron chi connectivity index (χ0n) is 36.9. The monoisotopic (exact) mass is 886 g/mol. The van der Waals surface area contributed by atoms with Gasteiger partial charge in [0.05, 0.1) is 24.0 Å². The number of rotatable bonds is 10. The SMILES string of the molecule is CNC(=O)c1cccc(C)c1Nc1nc(Nc2ccc(N3CCN(C4C5CC6CC4CC(N(C)C(=O)OC4c7ccccc7-c7ccccc74)(C6)C5)CC3)cc2OC)ncc1C(F)(F)F. The molecule has 3 N–H and O–H groups in total. The number of nitrogens with one attached hydrogen (secondary N) is 3. The number of fused-ring (bicyclic) bond motifs is 3. The van der Waals surface area contributed by atoms with Crippen LogP contribution in [0, 0.1) is 24.7 Å². The molecule has 0 spiro atoms. The van der Waals surface area contributed by atoms with Crippen molar-refractivity contribution < 1.29 is 32.2 Å². The maximum Gasteiger partial charge on any atom is 0.421 e. The molecule has 5 aromatic rings. The highest BCUT2D eigenvalue weighted by Gasteiger charge is 2.59. The van der Waals surface area contributed by atoms with Gasteiger partial charge in [-0.3, -0.25) is 9.69 Å². The number of aryl methyl sites for hydroxylation is 1. The fraction of sp³-hybridized carbons (Fsp3) is 0.400. The summed E-state index contributed by atoms with van der Waals surface area (Å²) in [4.78, 5) is 42.0. The Hall–Kier alpha value is -6.35. The molecule has 4 bridgehead atoms. The molecule has 5 aliphatic carbocycles. The average molecular weight is 887 g/mol. The van der Waals surface area contributed by atoms with Gasteiger partial charge >= 0.3 is 12.3 Å². The number of amides is 2. The van der Waals surface area contributed by atoms with Crippen LogP contribution in [-0.4, -0.2) is 90.7 Å². The quantitative estimate of drug-likeness (QED) is 0.125. The predicted molar refractivity (Wildman–Crippen MR) is 243 cm³/mol. The van der Waals surface area contributed by atoms with Crippen LogP contribution in [0.3, 0.4) is 0 Å². The summed E-state index contributed by atoms with van der Waals surface area (Å²) >= 11 is 0. The Balaban J connectivity index is 0.798. The molecule has 12 nitrogen and oxygen atoms in total. The number of carbonyl (C=O) groups is 2. The molecule has 11 rings (SSSR count). The van der Waals surface area contributed by atoms with Crippen molar-refractivity contribution in [1.82, 2.24) is 25.1 Å². The van der Waals surface area contributed by atoms with Crippen LogP contribution >= 0.6 is 0 Å². The number of nitrogens with zero attached hydrogens (tertiary/aromatic N) is 5. The first-order valence-electron chi connectivity index (χ1n) is 22.4. The fourth-order valence-corrected chi connectivity index (χ4v) is 12.0. The zero-order chi connectivity index (χ0) is 45.2. The molecule has 6 aliphatic rings. The first kappa shape index (κ1) is 42.6. The van der Waals surface area contributed by atoms with Gasteiger partial charge in [0.2, 0.25) is 5.95 Å². The minimum atomic E-state index is -4.76. The molecule has 2 unspecified atom stereocenters. The molecule has 1 aliphatic heterocycles. The van der Waals surface area contributed by atoms with E-state index in [1.807, 2.05) is 54.4 Å². The zero-order valence-corrected chi connectivity index (χ0v) is 36.9. The molecule has 338 valence electrons. The van der Waals surface area contributed by atoms with E-state index in [1.165, 1.54) is 26.0 Å². The Bertz CT molecular complexity index is 2590. The highest BCUT2D eigenvalue weighted by atomic mass is 19.4. The Morgan fingerprint density at radius 2 is 1.54 bits per heavy atom. The summed E-state index contributed by atoms with van der Waals surface area (Å²) < 4.78 is 54.9. The third kappa shape index (κ3) is 7.66. The number of benzene rings is 4. The van der Waals surface area contributed by atoms with Crippen molar-refractivity contribution in [1.29, 1.82) is 0 Å². The summed E-state index contributed by atoms with van der Waals surface area (Å²) in [5, 5.41) is 8.36. The number of alkyl halides is 3. The number of halogens is 3. The molecular formula is C50H53F3N8O4. The topological polar surface area (TPSA) is 124 Å². The molecule has 4 saturated carbocycles. The molecule has 15 heteroatoms. The number of methoxy groups -OCH3 is 1. The number of carbonyl (C=O) groups excluding carboxylic acids is 2. The van der Waals surface area contributed by atoms with Crippen molar-refractivity contribution >= 4 is 40.8 Å². The second kappa shape index (κ2) is 16.6. The Kier molecular flexibility index (Phi) is 10.9. The Morgan fingerprint density at radius 1 is 0.862 bits per heavy atom. The molecule has 1 saturated heterocycles. The number of ether oxygens (including phenoxy) is 2. The number of hydrogen-bond acceptors (Lipinski definition) is 10. The molecule has 2 amide bonds. The molecule has 1 aromatic heterocycles. The second-order valence-electron chi connectivity index (χ2n) is 18.4. The Morgan fingerprint density at radius 3 is 2.18 bits per heavy atom. The highest BCUT2D eigenvalue weighted by molar-refractivity contribution is 6.01. The second-order valence-corrected chi connectivity index (χ2v) is 18.4. The van der Waals surface area contributed by atoms with Gasteiger partial charge in [0, 0.05) is 80.9 Å². The summed E-state index contributed by atoms with van der Waals surface area (Å²) in [6.07, 6.45) is 0.717. The Labute approximate surface area is 376 Å². The van der Waals surface area contributed by atoms with Crippen LogP contribution in [0.2, 0.25) is 0 Å². The van der Waals surface area contributed by atoms with Gasteiger partial charge in [-0.05, 0) is 91.7 Å². The van der Waals surface area contributed by atoms with Crippen LogP contribution in [-0.2, 0) is 10.9 Å². The average Bonchev–Trinajstić information content (AvgIpc) is 3.61. The number of anilines is 5. The summed E-state index contributed by atoms with van der Waals surface area (Å²) in [6, 6.07) is 27.5. The molecule has 2 heterocycles. The van der Waals surface area contributed by atoms with Crippen LogP contribution in [0.5, 0.6) is 5.75 Å². The molecule has 4 aromatic carbocycles. The van der Waals surface area contributed by atoms with Gasteiger partial charge in [-0.2, -0.15) is 18.2 Å². The summed E-state index contributed by atoms with van der Waals surface area (Å²) in [5.41, 5.74) is 5.48. The number of hydrogen-bond donors (Lipinski definition) is 3. The third-order valence-corrected chi connectivity index (χ3v) is 14.8. The van der Waals surface area contributed by atoms with Crippen molar-refractivity contribution in [2.75, 3.05) is 62.9 Å². The van der Waals surface area contributed by atoms with Crippen LogP contribution < -0.4 is 25.6 Å². The van der Waals surface area contributed by atoms with Crippen molar-refractivity contribution in [2.45, 2.75) is 62.9 Å². The summed E-state index contributed by atoms with van der Waals surface area (Å²) in [5.74, 6) is 1.09. The van der Waals surface area contributed by atoms with Crippen molar-refractivity contribution in [3.05, 3.63) is 119 Å². The fourth-order valence-electron chi connectivity index (χ4n) is 12.0. The van der Waals surface area contributed by atoms with E-state index in [0.717, 1.165) is 79.6 Å². The maximum atomic E-state index is 14.2. The third-order valence-electron chi connectivity index (χ3n) is 14.8. The molecule has 0 radical (unpaired) electrons. The number of para-hydroxylation sites is 1. The lowest BCUT2D eigenvalue weighted by Gasteiger charge is -2.64. The van der Waals surface area contributed by atoms with Gasteiger partial charge < -0.3 is 35.2 Å². The molecular weight excluding hydrogens is 834 g/mol. The van der Waals surface area contributed by atoms with Crippen LogP contribution in [0.25, 0.3) is 11.1 Å². The lowest BCUT2D eigenvalue weighted by molar-refractivity contribution is -0.137. The van der Waals surface area contributed by atoms with E-state index < -0.39 is 29.6 Å². The predicted octanol–water partition coefficient (Wildman–Crippen LogP) is 9.57. The van der Waals surface area contributed by atoms with E-state index in [0.29, 0.717) is 40.8 Å². The maximum absolute atomic E-state index is 14.2. The first-order valence-corrected chi connectivity index (χ1v) is 22.4. The van der Waals surface area contributed by atoms with Gasteiger partial charge in [0.15, 0.2) is 6.10 Å². The van der Waals surface area contributed by atoms with Crippen molar-refractivity contribution in [3.8, 4) is 16.9 Å². The van der Waals surface area contributed by atoms with E-state index >= 15 is 0 Å².